The molecule has 0 aliphatic heterocycles. The molecule has 2 heterocycles. The zero-order valence-electron chi connectivity index (χ0n) is 17.0. The normalized spacial score (nSPS) is 10.7. The third kappa shape index (κ3) is 4.19. The number of aryl methyl sites for hydroxylation is 3. The molecular formula is C22H23NO5S. The van der Waals surface area contributed by atoms with Gasteiger partial charge in [0.2, 0.25) is 0 Å². The molecular weight excluding hydrogens is 390 g/mol. The maximum atomic E-state index is 12.8. The van der Waals surface area contributed by atoms with Crippen molar-refractivity contribution in [1.82, 2.24) is 0 Å². The van der Waals surface area contributed by atoms with Crippen molar-refractivity contribution in [3.63, 3.8) is 0 Å². The standard InChI is InChI=1S/C22H23NO5S/c1-6-27-16-9-7-15(8-10-16)18-14(4)29-21(19(18)22(25)26-5)23-20(24)17-11-12(2)28-13(17)3/h7-11H,6H2,1-5H3,(H,23,24). The van der Waals surface area contributed by atoms with Crippen LogP contribution in [0.2, 0.25) is 0 Å². The van der Waals surface area contributed by atoms with Crippen LogP contribution in [0, 0.1) is 20.8 Å². The molecule has 1 amide bonds. The molecule has 152 valence electrons. The van der Waals surface area contributed by atoms with E-state index in [4.69, 9.17) is 13.9 Å². The molecule has 1 N–H and O–H groups in total. The minimum Gasteiger partial charge on any atom is -0.494 e. The quantitative estimate of drug-likeness (QED) is 0.550. The van der Waals surface area contributed by atoms with E-state index in [0.29, 0.717) is 34.3 Å². The van der Waals surface area contributed by atoms with Gasteiger partial charge in [0.15, 0.2) is 0 Å². The lowest BCUT2D eigenvalue weighted by Crippen LogP contribution is -2.14. The van der Waals surface area contributed by atoms with Crippen LogP contribution in [0.1, 0.15) is 44.0 Å². The summed E-state index contributed by atoms with van der Waals surface area (Å²) in [5.74, 6) is 1.10. The van der Waals surface area contributed by atoms with E-state index in [-0.39, 0.29) is 5.91 Å². The molecule has 0 saturated heterocycles. The van der Waals surface area contributed by atoms with Crippen molar-refractivity contribution in [3.05, 3.63) is 57.9 Å². The van der Waals surface area contributed by atoms with Crippen molar-refractivity contribution in [2.75, 3.05) is 19.0 Å². The van der Waals surface area contributed by atoms with Crippen molar-refractivity contribution in [3.8, 4) is 16.9 Å². The predicted octanol–water partition coefficient (Wildman–Crippen LogP) is 5.37. The summed E-state index contributed by atoms with van der Waals surface area (Å²) >= 11 is 1.33. The van der Waals surface area contributed by atoms with E-state index in [9.17, 15) is 9.59 Å². The van der Waals surface area contributed by atoms with Crippen LogP contribution in [-0.2, 0) is 4.74 Å². The van der Waals surface area contributed by atoms with Gasteiger partial charge < -0.3 is 19.2 Å². The van der Waals surface area contributed by atoms with Gasteiger partial charge in [0.1, 0.15) is 27.8 Å². The molecule has 29 heavy (non-hydrogen) atoms. The Morgan fingerprint density at radius 2 is 1.83 bits per heavy atom. The van der Waals surface area contributed by atoms with Gasteiger partial charge in [-0.05, 0) is 51.5 Å². The number of hydrogen-bond acceptors (Lipinski definition) is 6. The molecule has 0 bridgehead atoms. The Balaban J connectivity index is 2.02. The Morgan fingerprint density at radius 3 is 2.38 bits per heavy atom. The number of carbonyl (C=O) groups is 2. The van der Waals surface area contributed by atoms with Crippen LogP contribution < -0.4 is 10.1 Å². The molecule has 0 aliphatic rings. The zero-order chi connectivity index (χ0) is 21.1. The highest BCUT2D eigenvalue weighted by Gasteiger charge is 2.26. The third-order valence-electron chi connectivity index (χ3n) is 4.44. The lowest BCUT2D eigenvalue weighted by molar-refractivity contribution is 0.0603. The number of rotatable bonds is 6. The van der Waals surface area contributed by atoms with Crippen molar-refractivity contribution >= 4 is 28.2 Å². The summed E-state index contributed by atoms with van der Waals surface area (Å²) in [7, 11) is 1.33. The van der Waals surface area contributed by atoms with Crippen LogP contribution >= 0.6 is 11.3 Å². The van der Waals surface area contributed by atoms with E-state index in [1.165, 1.54) is 18.4 Å². The van der Waals surface area contributed by atoms with E-state index in [1.807, 2.05) is 38.1 Å². The molecule has 7 heteroatoms. The summed E-state index contributed by atoms with van der Waals surface area (Å²) in [6, 6.07) is 9.17. The molecule has 0 aliphatic carbocycles. The van der Waals surface area contributed by atoms with Crippen LogP contribution in [0.15, 0.2) is 34.7 Å². The van der Waals surface area contributed by atoms with Crippen LogP contribution in [-0.4, -0.2) is 25.6 Å². The van der Waals surface area contributed by atoms with Gasteiger partial charge in [-0.3, -0.25) is 4.79 Å². The van der Waals surface area contributed by atoms with E-state index in [2.05, 4.69) is 5.32 Å². The molecule has 0 atom stereocenters. The molecule has 6 nitrogen and oxygen atoms in total. The number of nitrogens with one attached hydrogen (secondary N) is 1. The third-order valence-corrected chi connectivity index (χ3v) is 5.46. The number of benzene rings is 1. The lowest BCUT2D eigenvalue weighted by Gasteiger charge is -2.09. The smallest absolute Gasteiger partial charge is 0.341 e. The molecule has 0 saturated carbocycles. The lowest BCUT2D eigenvalue weighted by atomic mass is 10.0. The second-order valence-electron chi connectivity index (χ2n) is 6.47. The van der Waals surface area contributed by atoms with E-state index in [1.54, 1.807) is 19.9 Å². The van der Waals surface area contributed by atoms with Crippen LogP contribution in [0.25, 0.3) is 11.1 Å². The fourth-order valence-electron chi connectivity index (χ4n) is 3.19. The van der Waals surface area contributed by atoms with Crippen molar-refractivity contribution in [2.24, 2.45) is 0 Å². The first-order valence-corrected chi connectivity index (χ1v) is 10.0. The minimum atomic E-state index is -0.506. The largest absolute Gasteiger partial charge is 0.494 e. The van der Waals surface area contributed by atoms with Gasteiger partial charge in [-0.1, -0.05) is 12.1 Å². The van der Waals surface area contributed by atoms with Gasteiger partial charge in [0.25, 0.3) is 5.91 Å². The number of methoxy groups -OCH3 is 1. The van der Waals surface area contributed by atoms with Crippen molar-refractivity contribution < 1.29 is 23.5 Å². The SMILES string of the molecule is CCOc1ccc(-c2c(C)sc(NC(=O)c3cc(C)oc3C)c2C(=O)OC)cc1. The Kier molecular flexibility index (Phi) is 6.08. The molecule has 3 rings (SSSR count). The maximum absolute atomic E-state index is 12.8. The first-order chi connectivity index (χ1) is 13.8. The van der Waals surface area contributed by atoms with Gasteiger partial charge >= 0.3 is 5.97 Å². The Morgan fingerprint density at radius 1 is 1.14 bits per heavy atom. The number of carbonyl (C=O) groups excluding carboxylic acids is 2. The van der Waals surface area contributed by atoms with Crippen LogP contribution in [0.3, 0.4) is 0 Å². The molecule has 0 unspecified atom stereocenters. The predicted molar refractivity (Wildman–Crippen MR) is 113 cm³/mol. The number of thiophene rings is 1. The van der Waals surface area contributed by atoms with Gasteiger partial charge in [0, 0.05) is 10.4 Å². The first kappa shape index (κ1) is 20.7. The van der Waals surface area contributed by atoms with Gasteiger partial charge in [0.05, 0.1) is 19.3 Å². The molecule has 2 aromatic heterocycles. The van der Waals surface area contributed by atoms with Gasteiger partial charge in [-0.15, -0.1) is 11.3 Å². The highest BCUT2D eigenvalue weighted by atomic mass is 32.1. The summed E-state index contributed by atoms with van der Waals surface area (Å²) in [4.78, 5) is 26.2. The fourth-order valence-corrected chi connectivity index (χ4v) is 4.25. The monoisotopic (exact) mass is 413 g/mol. The second-order valence-corrected chi connectivity index (χ2v) is 7.69. The van der Waals surface area contributed by atoms with Crippen LogP contribution in [0.4, 0.5) is 5.00 Å². The molecule has 0 radical (unpaired) electrons. The average molecular weight is 413 g/mol. The van der Waals surface area contributed by atoms with Crippen molar-refractivity contribution in [2.45, 2.75) is 27.7 Å². The number of hydrogen-bond donors (Lipinski definition) is 1. The summed E-state index contributed by atoms with van der Waals surface area (Å²) in [6.07, 6.45) is 0. The number of anilines is 1. The first-order valence-electron chi connectivity index (χ1n) is 9.19. The molecule has 1 aromatic carbocycles. The molecule has 0 spiro atoms. The molecule has 3 aromatic rings. The fraction of sp³-hybridized carbons (Fsp3) is 0.273. The summed E-state index contributed by atoms with van der Waals surface area (Å²) < 4.78 is 15.9. The van der Waals surface area contributed by atoms with Crippen LogP contribution in [0.5, 0.6) is 5.75 Å². The highest BCUT2D eigenvalue weighted by Crippen LogP contribution is 2.41. The Bertz CT molecular complexity index is 1050. The number of ether oxygens (including phenoxy) is 2. The average Bonchev–Trinajstić information content (AvgIpc) is 3.20. The van der Waals surface area contributed by atoms with E-state index < -0.39 is 5.97 Å². The van der Waals surface area contributed by atoms with Gasteiger partial charge in [-0.25, -0.2) is 4.79 Å². The number of esters is 1. The second kappa shape index (κ2) is 8.53. The summed E-state index contributed by atoms with van der Waals surface area (Å²) in [5.41, 5.74) is 2.36. The Labute approximate surface area is 173 Å². The highest BCUT2D eigenvalue weighted by molar-refractivity contribution is 7.17. The number of amides is 1. The summed E-state index contributed by atoms with van der Waals surface area (Å²) in [5, 5.41) is 3.30. The van der Waals surface area contributed by atoms with E-state index in [0.717, 1.165) is 21.8 Å². The topological polar surface area (TPSA) is 77.8 Å². The van der Waals surface area contributed by atoms with E-state index >= 15 is 0 Å². The number of furan rings is 1. The van der Waals surface area contributed by atoms with Gasteiger partial charge in [-0.2, -0.15) is 0 Å². The zero-order valence-corrected chi connectivity index (χ0v) is 17.9. The maximum Gasteiger partial charge on any atom is 0.341 e. The van der Waals surface area contributed by atoms with Crippen molar-refractivity contribution in [1.29, 1.82) is 0 Å². The Hall–Kier alpha value is -3.06. The summed E-state index contributed by atoms with van der Waals surface area (Å²) in [6.45, 7) is 7.92. The minimum absolute atomic E-state index is 0.330. The molecule has 0 fully saturated rings.